The van der Waals surface area contributed by atoms with E-state index in [0.29, 0.717) is 0 Å². The highest BCUT2D eigenvalue weighted by Gasteiger charge is 2.11. The first-order valence-electron chi connectivity index (χ1n) is 4.84. The SMILES string of the molecule is CCOC(=O)c1cn(CCOS(C)(=O)=O)nn1. The molecule has 0 N–H and O–H groups in total. The molecule has 0 amide bonds. The van der Waals surface area contributed by atoms with Crippen molar-refractivity contribution < 1.29 is 22.1 Å². The van der Waals surface area contributed by atoms with E-state index in [1.807, 2.05) is 0 Å². The summed E-state index contributed by atoms with van der Waals surface area (Å²) in [5.74, 6) is -0.567. The molecule has 17 heavy (non-hydrogen) atoms. The zero-order valence-corrected chi connectivity index (χ0v) is 10.3. The molecule has 1 aromatic rings. The maximum atomic E-state index is 11.2. The van der Waals surface area contributed by atoms with Gasteiger partial charge in [0.2, 0.25) is 0 Å². The van der Waals surface area contributed by atoms with Crippen molar-refractivity contribution in [3.63, 3.8) is 0 Å². The molecule has 0 aromatic carbocycles. The van der Waals surface area contributed by atoms with Gasteiger partial charge in [0.05, 0.1) is 32.2 Å². The fourth-order valence-electron chi connectivity index (χ4n) is 0.988. The van der Waals surface area contributed by atoms with E-state index in [1.165, 1.54) is 10.9 Å². The highest BCUT2D eigenvalue weighted by Crippen LogP contribution is 1.97. The molecule has 8 nitrogen and oxygen atoms in total. The third-order valence-electron chi connectivity index (χ3n) is 1.64. The number of nitrogens with zero attached hydrogens (tertiary/aromatic N) is 3. The second-order valence-electron chi connectivity index (χ2n) is 3.11. The van der Waals surface area contributed by atoms with Crippen LogP contribution in [0.2, 0.25) is 0 Å². The van der Waals surface area contributed by atoms with Gasteiger partial charge in [0.25, 0.3) is 10.1 Å². The number of carbonyl (C=O) groups is 1. The Morgan fingerprint density at radius 1 is 1.53 bits per heavy atom. The third kappa shape index (κ3) is 4.91. The molecular weight excluding hydrogens is 250 g/mol. The molecule has 0 unspecified atom stereocenters. The Labute approximate surface area is 98.6 Å². The summed E-state index contributed by atoms with van der Waals surface area (Å²) in [6, 6.07) is 0. The van der Waals surface area contributed by atoms with Crippen LogP contribution in [0.25, 0.3) is 0 Å². The fourth-order valence-corrected chi connectivity index (χ4v) is 1.37. The molecule has 0 atom stereocenters. The van der Waals surface area contributed by atoms with Crippen LogP contribution in [-0.4, -0.2) is 48.9 Å². The normalized spacial score (nSPS) is 11.4. The Bertz CT molecular complexity index is 481. The largest absolute Gasteiger partial charge is 0.461 e. The second-order valence-corrected chi connectivity index (χ2v) is 4.76. The molecule has 0 aliphatic heterocycles. The molecule has 9 heteroatoms. The molecule has 0 spiro atoms. The number of carbonyl (C=O) groups excluding carboxylic acids is 1. The topological polar surface area (TPSA) is 100 Å². The van der Waals surface area contributed by atoms with E-state index in [-0.39, 0.29) is 25.5 Å². The minimum Gasteiger partial charge on any atom is -0.461 e. The number of hydrogen-bond acceptors (Lipinski definition) is 7. The Hall–Kier alpha value is -1.48. The van der Waals surface area contributed by atoms with Crippen molar-refractivity contribution in [1.29, 1.82) is 0 Å². The van der Waals surface area contributed by atoms with Crippen LogP contribution in [0.4, 0.5) is 0 Å². The average molecular weight is 263 g/mol. The minimum absolute atomic E-state index is 0.0650. The molecule has 0 bridgehead atoms. The first kappa shape index (κ1) is 13.6. The van der Waals surface area contributed by atoms with Crippen LogP contribution < -0.4 is 0 Å². The number of rotatable bonds is 6. The number of hydrogen-bond donors (Lipinski definition) is 0. The Kier molecular flexibility index (Phi) is 4.58. The van der Waals surface area contributed by atoms with Gasteiger partial charge in [0.15, 0.2) is 5.69 Å². The molecule has 0 aliphatic carbocycles. The molecular formula is C8H13N3O5S. The molecule has 0 saturated heterocycles. The first-order valence-corrected chi connectivity index (χ1v) is 6.65. The fraction of sp³-hybridized carbons (Fsp3) is 0.625. The summed E-state index contributed by atoms with van der Waals surface area (Å²) in [5, 5.41) is 7.21. The van der Waals surface area contributed by atoms with Crippen LogP contribution in [0.5, 0.6) is 0 Å². The van der Waals surface area contributed by atoms with Gasteiger partial charge in [-0.05, 0) is 6.92 Å². The number of aromatic nitrogens is 3. The van der Waals surface area contributed by atoms with Crippen LogP contribution in [0.3, 0.4) is 0 Å². The molecule has 0 fully saturated rings. The lowest BCUT2D eigenvalue weighted by molar-refractivity contribution is 0.0519. The van der Waals surface area contributed by atoms with Crippen molar-refractivity contribution in [2.24, 2.45) is 0 Å². The number of ether oxygens (including phenoxy) is 1. The van der Waals surface area contributed by atoms with Gasteiger partial charge in [0.1, 0.15) is 0 Å². The Morgan fingerprint density at radius 3 is 2.82 bits per heavy atom. The zero-order valence-electron chi connectivity index (χ0n) is 9.49. The van der Waals surface area contributed by atoms with Crippen molar-refractivity contribution in [2.75, 3.05) is 19.5 Å². The lowest BCUT2D eigenvalue weighted by Gasteiger charge is -2.00. The second kappa shape index (κ2) is 5.73. The summed E-state index contributed by atoms with van der Waals surface area (Å²) in [4.78, 5) is 11.2. The summed E-state index contributed by atoms with van der Waals surface area (Å²) in [5.41, 5.74) is 0.0752. The predicted octanol–water partition coefficient (Wildman–Crippen LogP) is -0.569. The quantitative estimate of drug-likeness (QED) is 0.500. The van der Waals surface area contributed by atoms with E-state index < -0.39 is 16.1 Å². The maximum Gasteiger partial charge on any atom is 0.360 e. The van der Waals surface area contributed by atoms with Crippen LogP contribution in [-0.2, 0) is 25.6 Å². The molecule has 1 aromatic heterocycles. The zero-order chi connectivity index (χ0) is 12.9. The van der Waals surface area contributed by atoms with Gasteiger partial charge in [-0.2, -0.15) is 8.42 Å². The summed E-state index contributed by atoms with van der Waals surface area (Å²) in [7, 11) is -3.47. The standard InChI is InChI=1S/C8H13N3O5S/c1-3-15-8(12)7-6-11(10-9-7)4-5-16-17(2,13)14/h6H,3-5H2,1-2H3. The molecule has 1 rings (SSSR count). The van der Waals surface area contributed by atoms with E-state index >= 15 is 0 Å². The van der Waals surface area contributed by atoms with Gasteiger partial charge in [-0.3, -0.25) is 4.18 Å². The number of esters is 1. The lowest BCUT2D eigenvalue weighted by atomic mass is 10.5. The van der Waals surface area contributed by atoms with Gasteiger partial charge in [-0.1, -0.05) is 5.21 Å². The van der Waals surface area contributed by atoms with Crippen molar-refractivity contribution in [2.45, 2.75) is 13.5 Å². The smallest absolute Gasteiger partial charge is 0.360 e. The van der Waals surface area contributed by atoms with Crippen LogP contribution in [0.1, 0.15) is 17.4 Å². The van der Waals surface area contributed by atoms with Crippen LogP contribution in [0.15, 0.2) is 6.20 Å². The van der Waals surface area contributed by atoms with E-state index in [0.717, 1.165) is 6.26 Å². The molecule has 96 valence electrons. The van der Waals surface area contributed by atoms with Crippen molar-refractivity contribution in [1.82, 2.24) is 15.0 Å². The molecule has 0 aliphatic rings. The molecule has 0 saturated carbocycles. The first-order chi connectivity index (χ1) is 7.92. The van der Waals surface area contributed by atoms with E-state index in [9.17, 15) is 13.2 Å². The van der Waals surface area contributed by atoms with Crippen molar-refractivity contribution >= 4 is 16.1 Å². The van der Waals surface area contributed by atoms with Gasteiger partial charge < -0.3 is 4.74 Å². The highest BCUT2D eigenvalue weighted by molar-refractivity contribution is 7.85. The van der Waals surface area contributed by atoms with E-state index in [1.54, 1.807) is 6.92 Å². The lowest BCUT2D eigenvalue weighted by Crippen LogP contribution is -2.11. The molecule has 1 heterocycles. The van der Waals surface area contributed by atoms with Crippen LogP contribution in [0, 0.1) is 0 Å². The predicted molar refractivity (Wildman–Crippen MR) is 56.8 cm³/mol. The van der Waals surface area contributed by atoms with E-state index in [4.69, 9.17) is 4.74 Å². The maximum absolute atomic E-state index is 11.2. The van der Waals surface area contributed by atoms with Crippen molar-refractivity contribution in [3.8, 4) is 0 Å². The van der Waals surface area contributed by atoms with Crippen LogP contribution >= 0.6 is 0 Å². The summed E-state index contributed by atoms with van der Waals surface area (Å²) in [6.07, 6.45) is 2.32. The average Bonchev–Trinajstić information content (AvgIpc) is 2.65. The summed E-state index contributed by atoms with van der Waals surface area (Å²) < 4.78 is 31.9. The summed E-state index contributed by atoms with van der Waals surface area (Å²) in [6.45, 7) is 2.05. The van der Waals surface area contributed by atoms with Gasteiger partial charge in [-0.15, -0.1) is 5.10 Å². The monoisotopic (exact) mass is 263 g/mol. The highest BCUT2D eigenvalue weighted by atomic mass is 32.2. The van der Waals surface area contributed by atoms with Gasteiger partial charge >= 0.3 is 5.97 Å². The Morgan fingerprint density at radius 2 is 2.24 bits per heavy atom. The van der Waals surface area contributed by atoms with Gasteiger partial charge in [0, 0.05) is 0 Å². The Balaban J connectivity index is 2.49. The molecule has 0 radical (unpaired) electrons. The van der Waals surface area contributed by atoms with E-state index in [2.05, 4.69) is 14.5 Å². The third-order valence-corrected chi connectivity index (χ3v) is 2.24. The summed E-state index contributed by atoms with van der Waals surface area (Å²) >= 11 is 0. The minimum atomic E-state index is -3.47. The van der Waals surface area contributed by atoms with Gasteiger partial charge in [-0.25, -0.2) is 9.48 Å². The van der Waals surface area contributed by atoms with Crippen molar-refractivity contribution in [3.05, 3.63) is 11.9 Å².